The first kappa shape index (κ1) is 36.8. The van der Waals surface area contributed by atoms with Gasteiger partial charge in [0, 0.05) is 0 Å². The minimum absolute atomic E-state index is 0. The second-order valence-electron chi connectivity index (χ2n) is 10.6. The molecular weight excluding hydrogens is 579 g/mol. The third-order valence-corrected chi connectivity index (χ3v) is 13.0. The largest absolute Gasteiger partial charge is 4.00 e. The first-order valence-corrected chi connectivity index (χ1v) is 14.7. The van der Waals surface area contributed by atoms with Crippen molar-refractivity contribution in [3.05, 3.63) is 112 Å². The van der Waals surface area contributed by atoms with Crippen LogP contribution in [0.15, 0.2) is 78.9 Å². The van der Waals surface area contributed by atoms with Gasteiger partial charge in [0.25, 0.3) is 0 Å². The average molecular weight is 618 g/mol. The molecule has 0 aliphatic heterocycles. The van der Waals surface area contributed by atoms with Crippen LogP contribution in [0.5, 0.6) is 0 Å². The Balaban J connectivity index is 0.00000342. The van der Waals surface area contributed by atoms with Crippen molar-refractivity contribution >= 4 is 28.8 Å². The van der Waals surface area contributed by atoms with E-state index in [-0.39, 0.29) is 58.9 Å². The Morgan fingerprint density at radius 1 is 0.526 bits per heavy atom. The minimum Gasteiger partial charge on any atom is -1.00 e. The van der Waals surface area contributed by atoms with Crippen LogP contribution in [-0.4, -0.2) is 8.07 Å². The Labute approximate surface area is 265 Å². The summed E-state index contributed by atoms with van der Waals surface area (Å²) in [4.78, 5) is 0. The zero-order valence-electron chi connectivity index (χ0n) is 23.8. The maximum absolute atomic E-state index is 2.55. The summed E-state index contributed by atoms with van der Waals surface area (Å²) < 4.78 is 0. The fraction of sp³-hybridized carbons (Fsp3) is 0.303. The summed E-state index contributed by atoms with van der Waals surface area (Å²) in [6.45, 7) is 18.6. The molecule has 0 unspecified atom stereocenters. The molecule has 0 bridgehead atoms. The van der Waals surface area contributed by atoms with Gasteiger partial charge in [0.05, 0.1) is 0 Å². The Bertz CT molecular complexity index is 1200. The Hall–Kier alpha value is -1.19. The Morgan fingerprint density at radius 2 is 0.868 bits per heavy atom. The molecular formula is C33H39Cl3SiTi. The first-order valence-electron chi connectivity index (χ1n) is 12.7. The van der Waals surface area contributed by atoms with Gasteiger partial charge in [-0.25, -0.2) is 0 Å². The van der Waals surface area contributed by atoms with Gasteiger partial charge in [-0.1, -0.05) is 150 Å². The normalized spacial score (nSPS) is 10.8. The molecule has 0 fully saturated rings. The molecule has 0 radical (unpaired) electrons. The van der Waals surface area contributed by atoms with Crippen LogP contribution in [0.4, 0.5) is 0 Å². The molecule has 200 valence electrons. The molecule has 0 nitrogen and oxygen atoms in total. The van der Waals surface area contributed by atoms with E-state index in [2.05, 4.69) is 134 Å². The van der Waals surface area contributed by atoms with E-state index < -0.39 is 8.07 Å². The van der Waals surface area contributed by atoms with E-state index in [4.69, 9.17) is 0 Å². The predicted octanol–water partition coefficient (Wildman–Crippen LogP) is -2.73. The van der Waals surface area contributed by atoms with Crippen LogP contribution in [0.2, 0.25) is 0 Å². The molecule has 4 aromatic rings. The van der Waals surface area contributed by atoms with Gasteiger partial charge in [0.1, 0.15) is 8.07 Å². The van der Waals surface area contributed by atoms with Gasteiger partial charge < -0.3 is 37.2 Å². The predicted molar refractivity (Wildman–Crippen MR) is 153 cm³/mol. The number of halogens is 3. The van der Waals surface area contributed by atoms with Gasteiger partial charge in [-0.3, -0.25) is 0 Å². The van der Waals surface area contributed by atoms with E-state index in [1.807, 2.05) is 0 Å². The molecule has 0 aliphatic carbocycles. The molecule has 0 amide bonds. The maximum Gasteiger partial charge on any atom is 4.00 e. The fourth-order valence-electron chi connectivity index (χ4n) is 5.65. The second-order valence-corrected chi connectivity index (χ2v) is 14.3. The third kappa shape index (κ3) is 6.41. The van der Waals surface area contributed by atoms with E-state index in [1.54, 1.807) is 5.19 Å². The maximum atomic E-state index is 2.54. The fourth-order valence-corrected chi connectivity index (χ4v) is 11.2. The van der Waals surface area contributed by atoms with E-state index in [0.717, 1.165) is 0 Å². The van der Waals surface area contributed by atoms with Crippen LogP contribution in [0.25, 0.3) is 0 Å². The number of hydrogen-bond acceptors (Lipinski definition) is 0. The van der Waals surface area contributed by atoms with E-state index >= 15 is 0 Å². The van der Waals surface area contributed by atoms with Crippen molar-refractivity contribution in [3.8, 4) is 0 Å². The molecule has 0 heterocycles. The Morgan fingerprint density at radius 3 is 1.18 bits per heavy atom. The van der Waals surface area contributed by atoms with Crippen molar-refractivity contribution in [2.45, 2.75) is 67.2 Å². The van der Waals surface area contributed by atoms with Gasteiger partial charge in [-0.15, -0.1) is 5.19 Å². The molecule has 0 spiro atoms. The van der Waals surface area contributed by atoms with Gasteiger partial charge in [0.2, 0.25) is 0 Å². The second kappa shape index (κ2) is 15.0. The summed E-state index contributed by atoms with van der Waals surface area (Å²) in [5, 5.41) is 6.02. The summed E-state index contributed by atoms with van der Waals surface area (Å²) in [7, 11) is -2.55. The standard InChI is InChI=1S/C33H39Si.3ClH.Ti/c1-22(2)28-19-29(23(3)4)21-32(20-28)34(30-15-11-9-12-16-30,31-17-13-10-14-18-31)33-26(7)24(5)25(6)27(33)8;;;;/h9-23H,1-8H3;3*1H;/q-1;;;;+4/p-3. The van der Waals surface area contributed by atoms with Crippen molar-refractivity contribution in [1.29, 1.82) is 0 Å². The molecule has 0 saturated carbocycles. The van der Waals surface area contributed by atoms with Crippen molar-refractivity contribution in [2.75, 3.05) is 0 Å². The van der Waals surface area contributed by atoms with Gasteiger partial charge in [-0.2, -0.15) is 22.3 Å². The quantitative estimate of drug-likeness (QED) is 0.125. The van der Waals surface area contributed by atoms with Gasteiger partial charge in [0.15, 0.2) is 0 Å². The molecule has 0 aliphatic rings. The number of rotatable bonds is 6. The summed E-state index contributed by atoms with van der Waals surface area (Å²) in [6.07, 6.45) is 0. The number of benzene rings is 3. The molecule has 0 saturated heterocycles. The third-order valence-electron chi connectivity index (χ3n) is 7.97. The van der Waals surface area contributed by atoms with Crippen LogP contribution in [0, 0.1) is 27.7 Å². The molecule has 5 heteroatoms. The Kier molecular flexibility index (Phi) is 14.5. The molecule has 0 aromatic heterocycles. The van der Waals surface area contributed by atoms with E-state index in [1.165, 1.54) is 48.9 Å². The van der Waals surface area contributed by atoms with E-state index in [9.17, 15) is 0 Å². The van der Waals surface area contributed by atoms with Crippen molar-refractivity contribution in [3.63, 3.8) is 0 Å². The van der Waals surface area contributed by atoms with Crippen LogP contribution >= 0.6 is 0 Å². The summed E-state index contributed by atoms with van der Waals surface area (Å²) >= 11 is 0. The first-order chi connectivity index (χ1) is 16.2. The van der Waals surface area contributed by atoms with Gasteiger partial charge in [-0.05, 0) is 23.0 Å². The smallest absolute Gasteiger partial charge is 1.00 e. The van der Waals surface area contributed by atoms with E-state index in [0.29, 0.717) is 11.8 Å². The van der Waals surface area contributed by atoms with Crippen LogP contribution in [0.1, 0.15) is 72.9 Å². The van der Waals surface area contributed by atoms with Crippen LogP contribution < -0.4 is 58.0 Å². The minimum atomic E-state index is -2.55. The molecule has 4 aromatic carbocycles. The van der Waals surface area contributed by atoms with Crippen molar-refractivity contribution < 1.29 is 58.9 Å². The summed E-state index contributed by atoms with van der Waals surface area (Å²) in [5.41, 5.74) is 8.71. The topological polar surface area (TPSA) is 0 Å². The molecule has 0 atom stereocenters. The van der Waals surface area contributed by atoms with Crippen molar-refractivity contribution in [2.24, 2.45) is 0 Å². The van der Waals surface area contributed by atoms with Crippen LogP contribution in [-0.2, 0) is 21.7 Å². The molecule has 38 heavy (non-hydrogen) atoms. The summed E-state index contributed by atoms with van der Waals surface area (Å²) in [5.74, 6) is 0.974. The van der Waals surface area contributed by atoms with Gasteiger partial charge >= 0.3 is 21.7 Å². The monoisotopic (exact) mass is 616 g/mol. The average Bonchev–Trinajstić information content (AvgIpc) is 3.04. The van der Waals surface area contributed by atoms with Crippen LogP contribution in [0.3, 0.4) is 0 Å². The summed E-state index contributed by atoms with van der Waals surface area (Å²) in [6, 6.07) is 30.3. The zero-order chi connectivity index (χ0) is 24.6. The number of hydrogen-bond donors (Lipinski definition) is 0. The van der Waals surface area contributed by atoms with Crippen molar-refractivity contribution in [1.82, 2.24) is 0 Å². The molecule has 0 N–H and O–H groups in total. The molecule has 4 rings (SSSR count). The zero-order valence-corrected chi connectivity index (χ0v) is 28.6. The SMILES string of the molecule is Cc1c(C)c(C)[c-]([Si](c2ccccc2)(c2ccccc2)c2cc(C(C)C)cc(C(C)C)c2)c1C.[Cl-].[Cl-].[Cl-].[Ti+4].